The van der Waals surface area contributed by atoms with Crippen molar-refractivity contribution in [3.63, 3.8) is 0 Å². The van der Waals surface area contributed by atoms with Crippen molar-refractivity contribution in [2.24, 2.45) is 0 Å². The van der Waals surface area contributed by atoms with E-state index in [4.69, 9.17) is 23.2 Å². The Bertz CT molecular complexity index is 575. The SMILES string of the molecule is O=[N+]([O-])/C(Cl)=C/C(=C(\Cl)SCc1ccccc1)[N+](=O)[O-]. The summed E-state index contributed by atoms with van der Waals surface area (Å²) in [5, 5.41) is 20.3. The first-order chi connectivity index (χ1) is 9.41. The van der Waals surface area contributed by atoms with Crippen molar-refractivity contribution in [1.82, 2.24) is 0 Å². The van der Waals surface area contributed by atoms with Crippen LogP contribution in [-0.4, -0.2) is 9.85 Å². The summed E-state index contributed by atoms with van der Waals surface area (Å²) < 4.78 is -0.168. The Balaban J connectivity index is 2.90. The molecule has 1 rings (SSSR count). The zero-order valence-corrected chi connectivity index (χ0v) is 12.2. The summed E-state index contributed by atoms with van der Waals surface area (Å²) in [4.78, 5) is 19.5. The third-order valence-corrected chi connectivity index (χ3v) is 3.75. The van der Waals surface area contributed by atoms with Gasteiger partial charge in [-0.25, -0.2) is 0 Å². The second kappa shape index (κ2) is 7.88. The number of allylic oxidation sites excluding steroid dienone is 1. The third-order valence-electron chi connectivity index (χ3n) is 2.04. The smallest absolute Gasteiger partial charge is 0.258 e. The number of hydrogen-bond acceptors (Lipinski definition) is 5. The molecule has 0 radical (unpaired) electrons. The van der Waals surface area contributed by atoms with Gasteiger partial charge in [-0.3, -0.25) is 20.2 Å². The number of rotatable bonds is 6. The van der Waals surface area contributed by atoms with Gasteiger partial charge in [-0.05, 0) is 17.2 Å². The number of hydrogen-bond donors (Lipinski definition) is 0. The van der Waals surface area contributed by atoms with Gasteiger partial charge in [0.05, 0.1) is 9.85 Å². The Morgan fingerprint density at radius 2 is 1.75 bits per heavy atom. The van der Waals surface area contributed by atoms with Gasteiger partial charge in [0.1, 0.15) is 6.08 Å². The van der Waals surface area contributed by atoms with Crippen molar-refractivity contribution in [2.75, 3.05) is 0 Å². The monoisotopic (exact) mass is 334 g/mol. The van der Waals surface area contributed by atoms with E-state index in [1.165, 1.54) is 0 Å². The predicted octanol–water partition coefficient (Wildman–Crippen LogP) is 3.96. The maximum absolute atomic E-state index is 10.8. The molecule has 0 aromatic heterocycles. The van der Waals surface area contributed by atoms with E-state index in [9.17, 15) is 20.2 Å². The number of nitrogens with zero attached hydrogens (tertiary/aromatic N) is 2. The minimum atomic E-state index is -0.933. The minimum absolute atomic E-state index is 0.168. The highest BCUT2D eigenvalue weighted by molar-refractivity contribution is 8.03. The van der Waals surface area contributed by atoms with Crippen LogP contribution in [0.4, 0.5) is 0 Å². The van der Waals surface area contributed by atoms with Gasteiger partial charge in [-0.2, -0.15) is 0 Å². The molecular formula is C11H8Cl2N2O4S. The van der Waals surface area contributed by atoms with Crippen LogP contribution in [0.5, 0.6) is 0 Å². The fourth-order valence-electron chi connectivity index (χ4n) is 1.14. The van der Waals surface area contributed by atoms with Crippen LogP contribution in [0, 0.1) is 20.2 Å². The molecule has 0 unspecified atom stereocenters. The lowest BCUT2D eigenvalue weighted by Gasteiger charge is -2.00. The molecule has 6 nitrogen and oxygen atoms in total. The van der Waals surface area contributed by atoms with Crippen molar-refractivity contribution in [1.29, 1.82) is 0 Å². The average molecular weight is 335 g/mol. The van der Waals surface area contributed by atoms with Crippen LogP contribution in [-0.2, 0) is 5.75 Å². The molecule has 0 heterocycles. The third kappa shape index (κ3) is 5.20. The number of nitro groups is 2. The average Bonchev–Trinajstić information content (AvgIpc) is 2.42. The summed E-state index contributed by atoms with van der Waals surface area (Å²) in [6.07, 6.45) is 0.627. The van der Waals surface area contributed by atoms with Crippen LogP contribution in [0.15, 0.2) is 51.6 Å². The fraction of sp³-hybridized carbons (Fsp3) is 0.0909. The van der Waals surface area contributed by atoms with E-state index in [1.807, 2.05) is 30.3 Å². The van der Waals surface area contributed by atoms with Gasteiger partial charge in [0.15, 0.2) is 4.36 Å². The first-order valence-corrected chi connectivity index (χ1v) is 6.88. The van der Waals surface area contributed by atoms with Gasteiger partial charge in [0, 0.05) is 5.75 Å². The summed E-state index contributed by atoms with van der Waals surface area (Å²) >= 11 is 12.1. The lowest BCUT2D eigenvalue weighted by molar-refractivity contribution is -0.427. The molecule has 0 saturated heterocycles. The molecule has 1 aromatic rings. The molecule has 0 spiro atoms. The highest BCUT2D eigenvalue weighted by Gasteiger charge is 2.20. The largest absolute Gasteiger partial charge is 0.344 e. The molecule has 0 atom stereocenters. The molecule has 106 valence electrons. The molecule has 0 aliphatic carbocycles. The Labute approximate surface area is 128 Å². The highest BCUT2D eigenvalue weighted by Crippen LogP contribution is 2.29. The first-order valence-electron chi connectivity index (χ1n) is 5.14. The summed E-state index contributed by atoms with van der Waals surface area (Å²) in [6, 6.07) is 9.16. The lowest BCUT2D eigenvalue weighted by Crippen LogP contribution is -2.00. The summed E-state index contributed by atoms with van der Waals surface area (Å²) in [5.41, 5.74) is 0.317. The molecule has 0 amide bonds. The molecule has 9 heteroatoms. The highest BCUT2D eigenvalue weighted by atomic mass is 35.5. The minimum Gasteiger partial charge on any atom is -0.258 e. The van der Waals surface area contributed by atoms with E-state index < -0.39 is 20.7 Å². The molecule has 1 aromatic carbocycles. The summed E-state index contributed by atoms with van der Waals surface area (Å²) in [5.74, 6) is 0.404. The van der Waals surface area contributed by atoms with Crippen LogP contribution in [0.2, 0.25) is 0 Å². The molecular weight excluding hydrogens is 327 g/mol. The quantitative estimate of drug-likeness (QED) is 0.340. The van der Waals surface area contributed by atoms with Crippen molar-refractivity contribution in [3.05, 3.63) is 77.4 Å². The van der Waals surface area contributed by atoms with Crippen molar-refractivity contribution in [2.45, 2.75) is 5.75 Å². The summed E-state index contributed by atoms with van der Waals surface area (Å²) in [6.45, 7) is 0. The van der Waals surface area contributed by atoms with E-state index in [1.54, 1.807) is 0 Å². The molecule has 0 aliphatic rings. The number of benzene rings is 1. The van der Waals surface area contributed by atoms with Crippen LogP contribution in [0.1, 0.15) is 5.56 Å². The Hall–Kier alpha value is -1.57. The number of thioether (sulfide) groups is 1. The molecule has 20 heavy (non-hydrogen) atoms. The van der Waals surface area contributed by atoms with Gasteiger partial charge in [0.2, 0.25) is 0 Å². The molecule has 0 fully saturated rings. The van der Waals surface area contributed by atoms with Crippen molar-refractivity contribution < 1.29 is 9.85 Å². The zero-order valence-electron chi connectivity index (χ0n) is 9.86. The van der Waals surface area contributed by atoms with Crippen molar-refractivity contribution in [3.8, 4) is 0 Å². The van der Waals surface area contributed by atoms with Gasteiger partial charge in [-0.1, -0.05) is 41.9 Å². The Morgan fingerprint density at radius 3 is 2.25 bits per heavy atom. The van der Waals surface area contributed by atoms with Crippen LogP contribution in [0.3, 0.4) is 0 Å². The van der Waals surface area contributed by atoms with Crippen LogP contribution >= 0.6 is 35.0 Å². The molecule has 0 N–H and O–H groups in total. The fourth-order valence-corrected chi connectivity index (χ4v) is 2.30. The van der Waals surface area contributed by atoms with Crippen molar-refractivity contribution >= 4 is 35.0 Å². The van der Waals surface area contributed by atoms with E-state index in [-0.39, 0.29) is 4.36 Å². The molecule has 0 bridgehead atoms. The van der Waals surface area contributed by atoms with Crippen LogP contribution < -0.4 is 0 Å². The predicted molar refractivity (Wildman–Crippen MR) is 78.5 cm³/mol. The van der Waals surface area contributed by atoms with Gasteiger partial charge in [0.25, 0.3) is 0 Å². The van der Waals surface area contributed by atoms with E-state index in [0.717, 1.165) is 17.3 Å². The normalized spacial score (nSPS) is 12.8. The van der Waals surface area contributed by atoms with Crippen LogP contribution in [0.25, 0.3) is 0 Å². The molecule has 0 saturated carbocycles. The maximum atomic E-state index is 10.8. The van der Waals surface area contributed by atoms with Gasteiger partial charge < -0.3 is 0 Å². The molecule has 0 aliphatic heterocycles. The van der Waals surface area contributed by atoms with E-state index in [0.29, 0.717) is 11.8 Å². The van der Waals surface area contributed by atoms with E-state index >= 15 is 0 Å². The van der Waals surface area contributed by atoms with Gasteiger partial charge in [-0.15, -0.1) is 11.8 Å². The zero-order chi connectivity index (χ0) is 15.1. The topological polar surface area (TPSA) is 86.3 Å². The van der Waals surface area contributed by atoms with Gasteiger partial charge >= 0.3 is 10.9 Å². The summed E-state index contributed by atoms with van der Waals surface area (Å²) in [7, 11) is 0. The second-order valence-corrected chi connectivity index (χ2v) is 5.39. The maximum Gasteiger partial charge on any atom is 0.344 e. The van der Waals surface area contributed by atoms with E-state index in [2.05, 4.69) is 0 Å². The lowest BCUT2D eigenvalue weighted by atomic mass is 10.2. The second-order valence-electron chi connectivity index (χ2n) is 3.41. The Morgan fingerprint density at radius 1 is 1.15 bits per heavy atom. The standard InChI is InChI=1S/C11H8Cl2N2O4S/c12-10(15(18)19)6-9(14(16)17)11(13)20-7-8-4-2-1-3-5-8/h1-6H,7H2/b10-6+,11-9-. The number of halogens is 2. The Kier molecular flexibility index (Phi) is 6.50. The first kappa shape index (κ1) is 16.5.